The summed E-state index contributed by atoms with van der Waals surface area (Å²) in [5, 5.41) is 6.51. The number of halogens is 1. The minimum absolute atomic E-state index is 0.587. The Labute approximate surface area is 209 Å². The number of allylic oxidation sites excluding steroid dienone is 4. The molecule has 2 aromatic carbocycles. The van der Waals surface area contributed by atoms with Crippen molar-refractivity contribution in [3.63, 3.8) is 0 Å². The highest BCUT2D eigenvalue weighted by molar-refractivity contribution is 6.30. The van der Waals surface area contributed by atoms with E-state index in [4.69, 9.17) is 16.3 Å². The number of carbonyl (C=O) groups excluding carboxylic acids is 1. The summed E-state index contributed by atoms with van der Waals surface area (Å²) in [5.74, 6) is 1.42. The first-order valence-electron chi connectivity index (χ1n) is 11.5. The van der Waals surface area contributed by atoms with E-state index >= 15 is 0 Å². The molecule has 34 heavy (non-hydrogen) atoms. The van der Waals surface area contributed by atoms with Gasteiger partial charge in [0.2, 0.25) is 6.41 Å². The van der Waals surface area contributed by atoms with Gasteiger partial charge in [-0.25, -0.2) is 0 Å². The molecule has 0 bridgehead atoms. The Bertz CT molecular complexity index is 1030. The predicted molar refractivity (Wildman–Crippen MR) is 145 cm³/mol. The van der Waals surface area contributed by atoms with E-state index in [1.54, 1.807) is 18.2 Å². The average Bonchev–Trinajstić information content (AvgIpc) is 2.83. The molecule has 1 amide bonds. The summed E-state index contributed by atoms with van der Waals surface area (Å²) in [4.78, 5) is 13.4. The fourth-order valence-corrected chi connectivity index (χ4v) is 3.75. The van der Waals surface area contributed by atoms with Gasteiger partial charge in [-0.2, -0.15) is 0 Å². The van der Waals surface area contributed by atoms with Crippen molar-refractivity contribution in [3.05, 3.63) is 88.7 Å². The van der Waals surface area contributed by atoms with Crippen molar-refractivity contribution in [2.24, 2.45) is 0 Å². The minimum Gasteiger partial charge on any atom is -0.461 e. The summed E-state index contributed by atoms with van der Waals surface area (Å²) in [7, 11) is 4.14. The zero-order valence-electron chi connectivity index (χ0n) is 20.7. The van der Waals surface area contributed by atoms with Gasteiger partial charge in [0.1, 0.15) is 11.5 Å². The molecule has 0 aliphatic carbocycles. The molecule has 2 rings (SSSR count). The number of anilines is 1. The number of rotatable bonds is 14. The summed E-state index contributed by atoms with van der Waals surface area (Å²) in [6, 6.07) is 13.7. The zero-order chi connectivity index (χ0) is 24.9. The largest absolute Gasteiger partial charge is 0.461 e. The third-order valence-electron chi connectivity index (χ3n) is 5.62. The van der Waals surface area contributed by atoms with E-state index in [-0.39, 0.29) is 0 Å². The second-order valence-corrected chi connectivity index (χ2v) is 8.65. The van der Waals surface area contributed by atoms with Crippen LogP contribution in [0, 0.1) is 0 Å². The molecule has 6 heteroatoms. The Morgan fingerprint density at radius 2 is 1.97 bits per heavy atom. The van der Waals surface area contributed by atoms with Crippen LogP contribution in [0.2, 0.25) is 5.02 Å². The normalized spacial score (nSPS) is 12.4. The molecule has 0 atom stereocenters. The SMILES string of the molecule is C=C/C=C(\O/C(C)=C(/C)c1cc(Cl)ccc1NC=O)c1cccc(CCN(C)CCCNC)c1. The second-order valence-electron chi connectivity index (χ2n) is 8.21. The molecule has 182 valence electrons. The lowest BCUT2D eigenvalue weighted by atomic mass is 10.0. The third kappa shape index (κ3) is 8.49. The van der Waals surface area contributed by atoms with Gasteiger partial charge >= 0.3 is 0 Å². The number of likely N-dealkylation sites (N-methyl/N-ethyl adjacent to an activating group) is 1. The lowest BCUT2D eigenvalue weighted by molar-refractivity contribution is -0.105. The van der Waals surface area contributed by atoms with Gasteiger partial charge in [0.25, 0.3) is 0 Å². The number of hydrogen-bond acceptors (Lipinski definition) is 4. The molecule has 0 unspecified atom stereocenters. The molecule has 2 N–H and O–H groups in total. The maximum Gasteiger partial charge on any atom is 0.211 e. The van der Waals surface area contributed by atoms with Crippen molar-refractivity contribution >= 4 is 35.0 Å². The monoisotopic (exact) mass is 481 g/mol. The summed E-state index contributed by atoms with van der Waals surface area (Å²) in [5.41, 5.74) is 4.60. The minimum atomic E-state index is 0.587. The lowest BCUT2D eigenvalue weighted by Crippen LogP contribution is -2.25. The molecule has 0 fully saturated rings. The van der Waals surface area contributed by atoms with E-state index in [2.05, 4.69) is 47.4 Å². The van der Waals surface area contributed by atoms with Crippen LogP contribution in [0.1, 0.15) is 37.0 Å². The maximum absolute atomic E-state index is 11.0. The predicted octanol–water partition coefficient (Wildman–Crippen LogP) is 5.99. The van der Waals surface area contributed by atoms with Crippen LogP contribution in [0.15, 0.2) is 67.0 Å². The van der Waals surface area contributed by atoms with Crippen LogP contribution < -0.4 is 10.6 Å². The second kappa shape index (κ2) is 14.4. The van der Waals surface area contributed by atoms with E-state index in [0.717, 1.165) is 49.2 Å². The standard InChI is InChI=1S/C28H36ClN3O2/c1-6-9-28(24-11-7-10-23(18-24)14-17-32(5)16-8-15-30-4)34-22(3)21(2)26-19-25(29)12-13-27(26)31-20-33/h6-7,9-13,18-20,30H,1,8,14-17H2,2-5H3,(H,31,33)/b22-21-,28-9-. The van der Waals surface area contributed by atoms with Gasteiger partial charge in [-0.05, 0) is 95.4 Å². The molecule has 0 saturated carbocycles. The molecule has 0 heterocycles. The molecular formula is C28H36ClN3O2. The van der Waals surface area contributed by atoms with Crippen LogP contribution in [-0.2, 0) is 16.0 Å². The van der Waals surface area contributed by atoms with Crippen molar-refractivity contribution in [3.8, 4) is 0 Å². The molecular weight excluding hydrogens is 446 g/mol. The van der Waals surface area contributed by atoms with E-state index in [1.807, 2.05) is 39.1 Å². The highest BCUT2D eigenvalue weighted by Crippen LogP contribution is 2.31. The first kappa shape index (κ1) is 27.4. The van der Waals surface area contributed by atoms with Gasteiger partial charge in [-0.15, -0.1) is 0 Å². The van der Waals surface area contributed by atoms with E-state index in [1.165, 1.54) is 5.56 Å². The molecule has 0 aromatic heterocycles. The Morgan fingerprint density at radius 1 is 1.18 bits per heavy atom. The number of nitrogens with zero attached hydrogens (tertiary/aromatic N) is 1. The highest BCUT2D eigenvalue weighted by Gasteiger charge is 2.12. The molecule has 0 radical (unpaired) electrons. The Hall–Kier alpha value is -2.86. The third-order valence-corrected chi connectivity index (χ3v) is 5.86. The Morgan fingerprint density at radius 3 is 2.68 bits per heavy atom. The fourth-order valence-electron chi connectivity index (χ4n) is 3.58. The highest BCUT2D eigenvalue weighted by atomic mass is 35.5. The van der Waals surface area contributed by atoms with Gasteiger partial charge in [-0.3, -0.25) is 4.79 Å². The summed E-state index contributed by atoms with van der Waals surface area (Å²) < 4.78 is 6.31. The summed E-state index contributed by atoms with van der Waals surface area (Å²) in [6.45, 7) is 10.8. The zero-order valence-corrected chi connectivity index (χ0v) is 21.4. The van der Waals surface area contributed by atoms with E-state index in [0.29, 0.717) is 28.6 Å². The van der Waals surface area contributed by atoms with Crippen molar-refractivity contribution in [1.29, 1.82) is 0 Å². The summed E-state index contributed by atoms with van der Waals surface area (Å²) in [6.07, 6.45) is 6.33. The van der Waals surface area contributed by atoms with Gasteiger partial charge in [0.15, 0.2) is 0 Å². The molecule has 0 aliphatic heterocycles. The molecule has 0 saturated heterocycles. The van der Waals surface area contributed by atoms with Crippen LogP contribution in [0.3, 0.4) is 0 Å². The van der Waals surface area contributed by atoms with Crippen LogP contribution in [0.25, 0.3) is 11.3 Å². The van der Waals surface area contributed by atoms with Crippen LogP contribution in [0.4, 0.5) is 5.69 Å². The molecule has 2 aromatic rings. The lowest BCUT2D eigenvalue weighted by Gasteiger charge is -2.18. The van der Waals surface area contributed by atoms with Gasteiger partial charge in [0.05, 0.1) is 0 Å². The van der Waals surface area contributed by atoms with Crippen LogP contribution >= 0.6 is 11.6 Å². The molecule has 0 spiro atoms. The van der Waals surface area contributed by atoms with Crippen molar-refractivity contribution < 1.29 is 9.53 Å². The van der Waals surface area contributed by atoms with E-state index < -0.39 is 0 Å². The number of carbonyl (C=O) groups is 1. The quantitative estimate of drug-likeness (QED) is 0.151. The maximum atomic E-state index is 11.0. The van der Waals surface area contributed by atoms with Crippen molar-refractivity contribution in [2.45, 2.75) is 26.7 Å². The smallest absolute Gasteiger partial charge is 0.211 e. The first-order valence-corrected chi connectivity index (χ1v) is 11.9. The van der Waals surface area contributed by atoms with Crippen molar-refractivity contribution in [2.75, 3.05) is 39.0 Å². The molecule has 5 nitrogen and oxygen atoms in total. The topological polar surface area (TPSA) is 53.6 Å². The first-order chi connectivity index (χ1) is 16.4. The number of hydrogen-bond donors (Lipinski definition) is 2. The van der Waals surface area contributed by atoms with E-state index in [9.17, 15) is 4.79 Å². The average molecular weight is 482 g/mol. The Kier molecular flexibility index (Phi) is 11.6. The van der Waals surface area contributed by atoms with Gasteiger partial charge in [0, 0.05) is 28.4 Å². The van der Waals surface area contributed by atoms with Crippen molar-refractivity contribution in [1.82, 2.24) is 10.2 Å². The van der Waals surface area contributed by atoms with Gasteiger partial charge < -0.3 is 20.3 Å². The molecule has 0 aliphatic rings. The van der Waals surface area contributed by atoms with Crippen LogP contribution in [0.5, 0.6) is 0 Å². The number of benzene rings is 2. The Balaban J connectivity index is 2.22. The number of nitrogens with one attached hydrogen (secondary N) is 2. The number of amides is 1. The van der Waals surface area contributed by atoms with Gasteiger partial charge in [-0.1, -0.05) is 42.5 Å². The summed E-state index contributed by atoms with van der Waals surface area (Å²) >= 11 is 6.21. The number of ether oxygens (including phenoxy) is 1. The van der Waals surface area contributed by atoms with Crippen LogP contribution in [-0.4, -0.2) is 45.0 Å². The fraction of sp³-hybridized carbons (Fsp3) is 0.321.